The Hall–Kier alpha value is -1.79. The van der Waals surface area contributed by atoms with Crippen LogP contribution in [0.15, 0.2) is 24.3 Å². The first-order valence-corrected chi connectivity index (χ1v) is 4.50. The number of rotatable bonds is 3. The molecule has 1 aromatic heterocycles. The smallest absolute Gasteiger partial charge is 0.204 e. The molecule has 1 aromatic carbocycles. The lowest BCUT2D eigenvalue weighted by Gasteiger charge is -2.09. The fourth-order valence-electron chi connectivity index (χ4n) is 1.29. The third kappa shape index (κ3) is 2.00. The van der Waals surface area contributed by atoms with Gasteiger partial charge in [0.15, 0.2) is 0 Å². The van der Waals surface area contributed by atoms with Crippen LogP contribution in [-0.2, 0) is 4.84 Å². The first-order chi connectivity index (χ1) is 7.31. The van der Waals surface area contributed by atoms with Gasteiger partial charge in [-0.3, -0.25) is 4.84 Å². The molecule has 78 valence electrons. The monoisotopic (exact) mass is 205 g/mol. The summed E-state index contributed by atoms with van der Waals surface area (Å²) in [4.78, 5) is 4.74. The molecule has 0 aliphatic heterocycles. The molecule has 6 heteroatoms. The zero-order valence-electron chi connectivity index (χ0n) is 8.21. The summed E-state index contributed by atoms with van der Waals surface area (Å²) in [6.07, 6.45) is -0.156. The maximum Gasteiger partial charge on any atom is 0.204 e. The Morgan fingerprint density at radius 2 is 2.33 bits per heavy atom. The van der Waals surface area contributed by atoms with Crippen molar-refractivity contribution in [3.8, 4) is 11.4 Å². The van der Waals surface area contributed by atoms with Crippen LogP contribution < -0.4 is 5.90 Å². The molecular formula is C9H11N5O. The number of nitrogens with zero attached hydrogens (tertiary/aromatic N) is 3. The Kier molecular flexibility index (Phi) is 2.70. The molecule has 0 aliphatic carbocycles. The Labute approximate surface area is 86.4 Å². The van der Waals surface area contributed by atoms with Gasteiger partial charge in [0.05, 0.1) is 0 Å². The number of aromatic amines is 1. The van der Waals surface area contributed by atoms with Gasteiger partial charge in [-0.15, -0.1) is 10.2 Å². The van der Waals surface area contributed by atoms with E-state index in [2.05, 4.69) is 20.6 Å². The quantitative estimate of drug-likeness (QED) is 0.724. The van der Waals surface area contributed by atoms with Crippen LogP contribution in [0.5, 0.6) is 0 Å². The zero-order chi connectivity index (χ0) is 10.7. The third-order valence-electron chi connectivity index (χ3n) is 2.16. The predicted octanol–water partition coefficient (Wildman–Crippen LogP) is 0.818. The standard InChI is InChI=1S/C9H11N5O/c1-6(15-10)7-3-2-4-8(5-7)9-11-13-14-12-9/h2-6H,10H2,1H3,(H,11,12,13,14). The van der Waals surface area contributed by atoms with Gasteiger partial charge in [-0.1, -0.05) is 18.2 Å². The van der Waals surface area contributed by atoms with Gasteiger partial charge in [0.25, 0.3) is 0 Å². The number of benzene rings is 1. The second-order valence-corrected chi connectivity index (χ2v) is 3.14. The van der Waals surface area contributed by atoms with Crippen molar-refractivity contribution < 1.29 is 4.84 Å². The van der Waals surface area contributed by atoms with Crippen molar-refractivity contribution in [1.29, 1.82) is 0 Å². The number of nitrogens with one attached hydrogen (secondary N) is 1. The van der Waals surface area contributed by atoms with E-state index in [1.165, 1.54) is 0 Å². The van der Waals surface area contributed by atoms with Crippen molar-refractivity contribution in [3.05, 3.63) is 29.8 Å². The fourth-order valence-corrected chi connectivity index (χ4v) is 1.29. The summed E-state index contributed by atoms with van der Waals surface area (Å²) in [5.74, 6) is 5.68. The zero-order valence-corrected chi connectivity index (χ0v) is 8.21. The summed E-state index contributed by atoms with van der Waals surface area (Å²) in [6, 6.07) is 7.65. The summed E-state index contributed by atoms with van der Waals surface area (Å²) >= 11 is 0. The van der Waals surface area contributed by atoms with E-state index in [1.54, 1.807) is 0 Å². The van der Waals surface area contributed by atoms with Gasteiger partial charge >= 0.3 is 0 Å². The van der Waals surface area contributed by atoms with Crippen molar-refractivity contribution in [2.45, 2.75) is 13.0 Å². The average Bonchev–Trinajstić information content (AvgIpc) is 2.82. The summed E-state index contributed by atoms with van der Waals surface area (Å²) in [6.45, 7) is 1.87. The molecule has 2 aromatic rings. The van der Waals surface area contributed by atoms with Crippen molar-refractivity contribution in [3.63, 3.8) is 0 Å². The largest absolute Gasteiger partial charge is 0.297 e. The van der Waals surface area contributed by atoms with Crippen LogP contribution in [0, 0.1) is 0 Å². The highest BCUT2D eigenvalue weighted by Gasteiger charge is 2.07. The number of hydrogen-bond donors (Lipinski definition) is 2. The molecular weight excluding hydrogens is 194 g/mol. The topological polar surface area (TPSA) is 89.7 Å². The number of hydrogen-bond acceptors (Lipinski definition) is 5. The minimum Gasteiger partial charge on any atom is -0.297 e. The first-order valence-electron chi connectivity index (χ1n) is 4.50. The number of H-pyrrole nitrogens is 1. The Morgan fingerprint density at radius 3 is 3.00 bits per heavy atom. The first kappa shape index (κ1) is 9.75. The molecule has 3 N–H and O–H groups in total. The molecule has 1 unspecified atom stereocenters. The Bertz CT molecular complexity index is 428. The number of tetrazole rings is 1. The van der Waals surface area contributed by atoms with Crippen LogP contribution >= 0.6 is 0 Å². The lowest BCUT2D eigenvalue weighted by molar-refractivity contribution is 0.0664. The summed E-state index contributed by atoms with van der Waals surface area (Å²) < 4.78 is 0. The van der Waals surface area contributed by atoms with Crippen LogP contribution in [-0.4, -0.2) is 20.6 Å². The molecule has 0 radical (unpaired) electrons. The van der Waals surface area contributed by atoms with E-state index in [0.29, 0.717) is 5.82 Å². The van der Waals surface area contributed by atoms with E-state index in [-0.39, 0.29) is 6.10 Å². The van der Waals surface area contributed by atoms with Gasteiger partial charge in [0, 0.05) is 5.56 Å². The third-order valence-corrected chi connectivity index (χ3v) is 2.16. The highest BCUT2D eigenvalue weighted by atomic mass is 16.6. The molecule has 0 spiro atoms. The second-order valence-electron chi connectivity index (χ2n) is 3.14. The van der Waals surface area contributed by atoms with Crippen molar-refractivity contribution in [2.24, 2.45) is 5.90 Å². The summed E-state index contributed by atoms with van der Waals surface area (Å²) in [5, 5.41) is 13.7. The molecule has 0 amide bonds. The second kappa shape index (κ2) is 4.16. The van der Waals surface area contributed by atoms with Crippen LogP contribution in [0.25, 0.3) is 11.4 Å². The Balaban J connectivity index is 2.35. The SMILES string of the molecule is CC(ON)c1cccc(-c2nn[nH]n2)c1. The average molecular weight is 205 g/mol. The van der Waals surface area contributed by atoms with Crippen LogP contribution in [0.3, 0.4) is 0 Å². The van der Waals surface area contributed by atoms with Gasteiger partial charge < -0.3 is 0 Å². The van der Waals surface area contributed by atoms with E-state index < -0.39 is 0 Å². The van der Waals surface area contributed by atoms with Gasteiger partial charge in [-0.05, 0) is 23.8 Å². The number of aromatic nitrogens is 4. The van der Waals surface area contributed by atoms with E-state index in [4.69, 9.17) is 10.7 Å². The van der Waals surface area contributed by atoms with Crippen molar-refractivity contribution in [1.82, 2.24) is 20.6 Å². The van der Waals surface area contributed by atoms with Gasteiger partial charge in [-0.25, -0.2) is 5.90 Å². The molecule has 1 heterocycles. The summed E-state index contributed by atoms with van der Waals surface area (Å²) in [5.41, 5.74) is 1.85. The molecule has 0 fully saturated rings. The van der Waals surface area contributed by atoms with Crippen LogP contribution in [0.4, 0.5) is 0 Å². The van der Waals surface area contributed by atoms with Crippen molar-refractivity contribution >= 4 is 0 Å². The molecule has 1 atom stereocenters. The molecule has 0 saturated carbocycles. The summed E-state index contributed by atoms with van der Waals surface area (Å²) in [7, 11) is 0. The van der Waals surface area contributed by atoms with E-state index in [9.17, 15) is 0 Å². The molecule has 2 rings (SSSR count). The van der Waals surface area contributed by atoms with Gasteiger partial charge in [-0.2, -0.15) is 5.21 Å². The minimum atomic E-state index is -0.156. The predicted molar refractivity (Wildman–Crippen MR) is 53.3 cm³/mol. The minimum absolute atomic E-state index is 0.156. The fraction of sp³-hybridized carbons (Fsp3) is 0.222. The molecule has 15 heavy (non-hydrogen) atoms. The maximum absolute atomic E-state index is 5.12. The normalized spacial score (nSPS) is 12.7. The lowest BCUT2D eigenvalue weighted by atomic mass is 10.1. The van der Waals surface area contributed by atoms with Gasteiger partial charge in [0.1, 0.15) is 6.10 Å². The van der Waals surface area contributed by atoms with Crippen molar-refractivity contribution in [2.75, 3.05) is 0 Å². The molecule has 0 saturated heterocycles. The van der Waals surface area contributed by atoms with Crippen LogP contribution in [0.2, 0.25) is 0 Å². The molecule has 0 aliphatic rings. The van der Waals surface area contributed by atoms with E-state index in [1.807, 2.05) is 31.2 Å². The molecule has 0 bridgehead atoms. The lowest BCUT2D eigenvalue weighted by Crippen LogP contribution is -2.05. The van der Waals surface area contributed by atoms with Crippen LogP contribution in [0.1, 0.15) is 18.6 Å². The maximum atomic E-state index is 5.12. The molecule has 6 nitrogen and oxygen atoms in total. The highest BCUT2D eigenvalue weighted by molar-refractivity contribution is 5.55. The van der Waals surface area contributed by atoms with E-state index in [0.717, 1.165) is 11.1 Å². The number of nitrogens with two attached hydrogens (primary N) is 1. The Morgan fingerprint density at radius 1 is 1.47 bits per heavy atom. The van der Waals surface area contributed by atoms with E-state index >= 15 is 0 Å². The highest BCUT2D eigenvalue weighted by Crippen LogP contribution is 2.20. The van der Waals surface area contributed by atoms with Gasteiger partial charge in [0.2, 0.25) is 5.82 Å².